The van der Waals surface area contributed by atoms with Crippen molar-refractivity contribution in [2.45, 2.75) is 45.4 Å². The lowest BCUT2D eigenvalue weighted by Gasteiger charge is -2.11. The fraction of sp³-hybridized carbons (Fsp3) is 0.600. The van der Waals surface area contributed by atoms with Crippen LogP contribution in [0.4, 0.5) is 4.39 Å². The van der Waals surface area contributed by atoms with Gasteiger partial charge in [-0.25, -0.2) is 4.39 Å². The van der Waals surface area contributed by atoms with Crippen LogP contribution < -0.4 is 0 Å². The lowest BCUT2D eigenvalue weighted by atomic mass is 9.95. The van der Waals surface area contributed by atoms with Crippen LogP contribution in [-0.4, -0.2) is 0 Å². The Morgan fingerprint density at radius 1 is 1.19 bits per heavy atom. The van der Waals surface area contributed by atoms with Crippen molar-refractivity contribution in [1.82, 2.24) is 0 Å². The Balaban J connectivity index is 1.89. The maximum atomic E-state index is 12.8. The molecule has 0 heterocycles. The van der Waals surface area contributed by atoms with Gasteiger partial charge >= 0.3 is 0 Å². The van der Waals surface area contributed by atoms with Crippen LogP contribution in [0.5, 0.6) is 0 Å². The predicted octanol–water partition coefficient (Wildman–Crippen LogP) is 4.76. The molecule has 1 aliphatic carbocycles. The highest BCUT2D eigenvalue weighted by molar-refractivity contribution is 5.26. The van der Waals surface area contributed by atoms with Crippen molar-refractivity contribution in [3.8, 4) is 0 Å². The summed E-state index contributed by atoms with van der Waals surface area (Å²) in [5.74, 6) is 2.33. The molecule has 0 radical (unpaired) electrons. The number of halogens is 1. The molecule has 88 valence electrons. The first kappa shape index (κ1) is 11.6. The SMILES string of the molecule is CCC(CC)CC1CC1c1ccc(F)cc1. The van der Waals surface area contributed by atoms with Gasteiger partial charge in [0, 0.05) is 0 Å². The third kappa shape index (κ3) is 2.63. The van der Waals surface area contributed by atoms with Crippen molar-refractivity contribution in [3.05, 3.63) is 35.6 Å². The van der Waals surface area contributed by atoms with Crippen LogP contribution in [0.15, 0.2) is 24.3 Å². The van der Waals surface area contributed by atoms with Crippen LogP contribution in [0.1, 0.15) is 51.0 Å². The average molecular weight is 220 g/mol. The predicted molar refractivity (Wildman–Crippen MR) is 65.9 cm³/mol. The Labute approximate surface area is 97.9 Å². The van der Waals surface area contributed by atoms with Crippen LogP contribution in [0.25, 0.3) is 0 Å². The van der Waals surface area contributed by atoms with E-state index in [4.69, 9.17) is 0 Å². The van der Waals surface area contributed by atoms with Gasteiger partial charge < -0.3 is 0 Å². The lowest BCUT2D eigenvalue weighted by molar-refractivity contribution is 0.425. The molecule has 1 fully saturated rings. The molecule has 1 aromatic rings. The van der Waals surface area contributed by atoms with Gasteiger partial charge in [-0.15, -0.1) is 0 Å². The fourth-order valence-electron chi connectivity index (χ4n) is 2.68. The molecule has 0 amide bonds. The molecule has 2 unspecified atom stereocenters. The summed E-state index contributed by atoms with van der Waals surface area (Å²) in [5, 5.41) is 0. The molecule has 2 rings (SSSR count). The molecule has 0 spiro atoms. The molecule has 1 aliphatic rings. The summed E-state index contributed by atoms with van der Waals surface area (Å²) < 4.78 is 12.8. The Morgan fingerprint density at radius 3 is 2.38 bits per heavy atom. The molecule has 1 saturated carbocycles. The van der Waals surface area contributed by atoms with Gasteiger partial charge in [-0.3, -0.25) is 0 Å². The van der Waals surface area contributed by atoms with Gasteiger partial charge in [0.1, 0.15) is 5.82 Å². The first-order valence-electron chi connectivity index (χ1n) is 6.50. The molecule has 1 heteroatoms. The largest absolute Gasteiger partial charge is 0.207 e. The molecule has 0 bridgehead atoms. The molecule has 0 aromatic heterocycles. The van der Waals surface area contributed by atoms with Crippen molar-refractivity contribution >= 4 is 0 Å². The van der Waals surface area contributed by atoms with E-state index in [1.54, 1.807) is 12.1 Å². The standard InChI is InChI=1S/C15H21F/c1-3-11(4-2)9-13-10-15(13)12-5-7-14(16)8-6-12/h5-8,11,13,15H,3-4,9-10H2,1-2H3. The third-order valence-electron chi connectivity index (χ3n) is 4.01. The molecule has 0 aliphatic heterocycles. The molecule has 0 N–H and O–H groups in total. The van der Waals surface area contributed by atoms with Crippen molar-refractivity contribution in [2.75, 3.05) is 0 Å². The molecule has 1 aromatic carbocycles. The minimum absolute atomic E-state index is 0.124. The van der Waals surface area contributed by atoms with Gasteiger partial charge in [0.15, 0.2) is 0 Å². The molecule has 2 atom stereocenters. The van der Waals surface area contributed by atoms with Gasteiger partial charge in [0.25, 0.3) is 0 Å². The Hall–Kier alpha value is -0.850. The van der Waals surface area contributed by atoms with E-state index in [0.717, 1.165) is 11.8 Å². The summed E-state index contributed by atoms with van der Waals surface area (Å²) in [6.07, 6.45) is 5.25. The second-order valence-corrected chi connectivity index (χ2v) is 5.07. The zero-order valence-corrected chi connectivity index (χ0v) is 10.2. The van der Waals surface area contributed by atoms with Gasteiger partial charge in [-0.05, 0) is 48.3 Å². The van der Waals surface area contributed by atoms with E-state index < -0.39 is 0 Å². The maximum Gasteiger partial charge on any atom is 0.123 e. The smallest absolute Gasteiger partial charge is 0.123 e. The lowest BCUT2D eigenvalue weighted by Crippen LogP contribution is -1.98. The van der Waals surface area contributed by atoms with E-state index in [2.05, 4.69) is 13.8 Å². The normalized spacial score (nSPS) is 23.8. The van der Waals surface area contributed by atoms with Crippen LogP contribution in [0.2, 0.25) is 0 Å². The van der Waals surface area contributed by atoms with E-state index in [0.29, 0.717) is 5.92 Å². The summed E-state index contributed by atoms with van der Waals surface area (Å²) >= 11 is 0. The summed E-state index contributed by atoms with van der Waals surface area (Å²) in [6.45, 7) is 4.56. The van der Waals surface area contributed by atoms with E-state index in [1.165, 1.54) is 31.2 Å². The number of hydrogen-bond acceptors (Lipinski definition) is 0. The second kappa shape index (κ2) is 4.99. The maximum absolute atomic E-state index is 12.8. The van der Waals surface area contributed by atoms with Gasteiger partial charge in [-0.1, -0.05) is 38.8 Å². The molecular formula is C15H21F. The van der Waals surface area contributed by atoms with Gasteiger partial charge in [0.2, 0.25) is 0 Å². The van der Waals surface area contributed by atoms with E-state index in [-0.39, 0.29) is 5.82 Å². The second-order valence-electron chi connectivity index (χ2n) is 5.07. The zero-order valence-electron chi connectivity index (χ0n) is 10.2. The van der Waals surface area contributed by atoms with Gasteiger partial charge in [-0.2, -0.15) is 0 Å². The molecule has 0 nitrogen and oxygen atoms in total. The Morgan fingerprint density at radius 2 is 1.81 bits per heavy atom. The zero-order chi connectivity index (χ0) is 11.5. The number of benzene rings is 1. The van der Waals surface area contributed by atoms with Crippen LogP contribution in [-0.2, 0) is 0 Å². The molecule has 0 saturated heterocycles. The van der Waals surface area contributed by atoms with Crippen molar-refractivity contribution in [3.63, 3.8) is 0 Å². The minimum Gasteiger partial charge on any atom is -0.207 e. The Kier molecular flexibility index (Phi) is 3.63. The van der Waals surface area contributed by atoms with E-state index in [9.17, 15) is 4.39 Å². The van der Waals surface area contributed by atoms with Crippen LogP contribution in [0.3, 0.4) is 0 Å². The quantitative estimate of drug-likeness (QED) is 0.671. The average Bonchev–Trinajstić information content (AvgIpc) is 3.06. The minimum atomic E-state index is -0.124. The summed E-state index contributed by atoms with van der Waals surface area (Å²) in [4.78, 5) is 0. The highest BCUT2D eigenvalue weighted by Crippen LogP contribution is 2.51. The van der Waals surface area contributed by atoms with Crippen molar-refractivity contribution < 1.29 is 4.39 Å². The van der Waals surface area contributed by atoms with Crippen molar-refractivity contribution in [2.24, 2.45) is 11.8 Å². The number of hydrogen-bond donors (Lipinski definition) is 0. The van der Waals surface area contributed by atoms with E-state index in [1.807, 2.05) is 12.1 Å². The van der Waals surface area contributed by atoms with Crippen LogP contribution in [0, 0.1) is 17.7 Å². The van der Waals surface area contributed by atoms with Crippen molar-refractivity contribution in [1.29, 1.82) is 0 Å². The molecular weight excluding hydrogens is 199 g/mol. The highest BCUT2D eigenvalue weighted by atomic mass is 19.1. The highest BCUT2D eigenvalue weighted by Gasteiger charge is 2.38. The summed E-state index contributed by atoms with van der Waals surface area (Å²) in [6, 6.07) is 7.07. The number of rotatable bonds is 5. The molecule has 16 heavy (non-hydrogen) atoms. The third-order valence-corrected chi connectivity index (χ3v) is 4.01. The van der Waals surface area contributed by atoms with Gasteiger partial charge in [0.05, 0.1) is 0 Å². The fourth-order valence-corrected chi connectivity index (χ4v) is 2.68. The summed E-state index contributed by atoms with van der Waals surface area (Å²) in [5.41, 5.74) is 1.33. The Bertz CT molecular complexity index is 324. The topological polar surface area (TPSA) is 0 Å². The van der Waals surface area contributed by atoms with E-state index >= 15 is 0 Å². The first-order valence-corrected chi connectivity index (χ1v) is 6.50. The first-order chi connectivity index (χ1) is 7.74. The summed E-state index contributed by atoms with van der Waals surface area (Å²) in [7, 11) is 0. The van der Waals surface area contributed by atoms with Crippen LogP contribution >= 0.6 is 0 Å². The monoisotopic (exact) mass is 220 g/mol.